The van der Waals surface area contributed by atoms with Crippen LogP contribution in [0.15, 0.2) is 40.6 Å². The Hall–Kier alpha value is -3.62. The second-order valence-electron chi connectivity index (χ2n) is 12.5. The molecule has 0 saturated carbocycles. The molecule has 4 heterocycles. The lowest BCUT2D eigenvalue weighted by atomic mass is 9.91. The molecule has 3 aliphatic rings. The largest absolute Gasteiger partial charge is 0.397 e. The van der Waals surface area contributed by atoms with Crippen LogP contribution in [0.5, 0.6) is 0 Å². The van der Waals surface area contributed by atoms with Gasteiger partial charge in [-0.2, -0.15) is 5.26 Å². The van der Waals surface area contributed by atoms with Gasteiger partial charge in [-0.15, -0.1) is 0 Å². The predicted molar refractivity (Wildman–Crippen MR) is 187 cm³/mol. The maximum absolute atomic E-state index is 14.8. The summed E-state index contributed by atoms with van der Waals surface area (Å²) in [5, 5.41) is 22.4. The molecule has 47 heavy (non-hydrogen) atoms. The maximum atomic E-state index is 14.8. The molecular formula is C34H37Cl3FN7O2. The van der Waals surface area contributed by atoms with Gasteiger partial charge in [0.1, 0.15) is 22.5 Å². The zero-order valence-corrected chi connectivity index (χ0v) is 29.4. The molecule has 2 aromatic rings. The van der Waals surface area contributed by atoms with E-state index in [1.165, 1.54) is 6.08 Å². The first-order chi connectivity index (χ1) is 22.2. The second kappa shape index (κ2) is 13.1. The molecule has 1 aromatic heterocycles. The number of nitrogens with two attached hydrogens (primary N) is 1. The normalized spacial score (nSPS) is 21.6. The molecule has 9 nitrogen and oxygen atoms in total. The number of fused-ring (bicyclic) bond motifs is 1. The van der Waals surface area contributed by atoms with Crippen molar-refractivity contribution in [1.82, 2.24) is 14.8 Å². The van der Waals surface area contributed by atoms with Crippen molar-refractivity contribution in [2.24, 2.45) is 10.9 Å². The third-order valence-electron chi connectivity index (χ3n) is 9.02. The van der Waals surface area contributed by atoms with Crippen molar-refractivity contribution in [2.45, 2.75) is 66.3 Å². The molecule has 0 bridgehead atoms. The van der Waals surface area contributed by atoms with Gasteiger partial charge in [0.2, 0.25) is 5.91 Å². The summed E-state index contributed by atoms with van der Waals surface area (Å²) in [6.45, 7) is 16.4. The molecule has 1 unspecified atom stereocenters. The van der Waals surface area contributed by atoms with Crippen LogP contribution < -0.4 is 10.6 Å². The van der Waals surface area contributed by atoms with E-state index in [0.717, 1.165) is 11.3 Å². The molecule has 0 radical (unpaired) electrons. The first-order valence-corrected chi connectivity index (χ1v) is 16.5. The number of benzene rings is 1. The second-order valence-corrected chi connectivity index (χ2v) is 13.7. The number of hydrogen-bond acceptors (Lipinski definition) is 8. The number of pyridine rings is 1. The molecule has 248 valence electrons. The summed E-state index contributed by atoms with van der Waals surface area (Å²) in [5.74, 6) is -0.743. The van der Waals surface area contributed by atoms with Gasteiger partial charge in [0.25, 0.3) is 0 Å². The highest BCUT2D eigenvalue weighted by Crippen LogP contribution is 2.48. The fraction of sp³-hybridized carbons (Fsp3) is 0.412. The summed E-state index contributed by atoms with van der Waals surface area (Å²) >= 11 is 19.6. The van der Waals surface area contributed by atoms with Crippen LogP contribution in [0.4, 0.5) is 15.9 Å². The van der Waals surface area contributed by atoms with Crippen molar-refractivity contribution in [3.63, 3.8) is 0 Å². The molecule has 3 N–H and O–H groups in total. The first kappa shape index (κ1) is 34.7. The minimum absolute atomic E-state index is 0.0108. The van der Waals surface area contributed by atoms with Crippen molar-refractivity contribution >= 4 is 63.6 Å². The van der Waals surface area contributed by atoms with E-state index < -0.39 is 12.0 Å². The van der Waals surface area contributed by atoms with Gasteiger partial charge in [-0.3, -0.25) is 14.7 Å². The van der Waals surface area contributed by atoms with Crippen molar-refractivity contribution in [2.75, 3.05) is 30.3 Å². The molecule has 3 aliphatic heterocycles. The highest BCUT2D eigenvalue weighted by atomic mass is 35.5. The highest BCUT2D eigenvalue weighted by Gasteiger charge is 2.43. The average molecular weight is 701 g/mol. The van der Waals surface area contributed by atoms with E-state index >= 15 is 0 Å². The minimum atomic E-state index is -1.45. The van der Waals surface area contributed by atoms with Gasteiger partial charge in [0, 0.05) is 42.8 Å². The third-order valence-corrected chi connectivity index (χ3v) is 10.1. The first-order valence-electron chi connectivity index (χ1n) is 15.4. The Morgan fingerprint density at radius 2 is 1.83 bits per heavy atom. The number of aromatic nitrogens is 1. The Kier molecular flexibility index (Phi) is 9.69. The molecule has 5 rings (SSSR count). The molecule has 1 aromatic carbocycles. The Morgan fingerprint density at radius 3 is 2.40 bits per heavy atom. The number of piperazine rings is 1. The lowest BCUT2D eigenvalue weighted by molar-refractivity contribution is -0.132. The fourth-order valence-electron chi connectivity index (χ4n) is 6.90. The predicted octanol–water partition coefficient (Wildman–Crippen LogP) is 6.99. The minimum Gasteiger partial charge on any atom is -0.397 e. The summed E-state index contributed by atoms with van der Waals surface area (Å²) < 4.78 is 14.8. The van der Waals surface area contributed by atoms with E-state index in [9.17, 15) is 19.6 Å². The van der Waals surface area contributed by atoms with Gasteiger partial charge in [-0.1, -0.05) is 55.2 Å². The van der Waals surface area contributed by atoms with Crippen molar-refractivity contribution in [1.29, 1.82) is 5.26 Å². The quantitative estimate of drug-likeness (QED) is 0.196. The number of nitrogen functional groups attached to an aromatic ring is 1. The molecule has 1 fully saturated rings. The van der Waals surface area contributed by atoms with Crippen molar-refractivity contribution in [3.8, 4) is 17.3 Å². The number of halogens is 4. The lowest BCUT2D eigenvalue weighted by Gasteiger charge is -2.48. The maximum Gasteiger partial charge on any atom is 0.246 e. The van der Waals surface area contributed by atoms with E-state index in [4.69, 9.17) is 50.5 Å². The summed E-state index contributed by atoms with van der Waals surface area (Å²) in [4.78, 5) is 27.9. The van der Waals surface area contributed by atoms with E-state index in [2.05, 4.69) is 12.6 Å². The standard InChI is InChI=1S/C34H37Cl3FN7O2/c1-8-23(46)44-17(5)13-43(14-18(44)6)32-20-11-22(35)30(24-19(7)25(36)27(38)26(37)28(24)40)42-33(20)45(34(47)21(32)12-39)31-16(4)9-10-41-29(31)15(2)3/h8,11,15,17-18,34,47H,1,9-10,13-14,40H2,2-7H3/t17-,18+,34?. The number of rotatable bonds is 5. The number of aliphatic hydroxyl groups excluding tert-OH is 1. The topological polar surface area (TPSA) is 122 Å². The molecule has 1 saturated heterocycles. The number of nitrogens with zero attached hydrogens (tertiary/aromatic N) is 6. The summed E-state index contributed by atoms with van der Waals surface area (Å²) in [6.07, 6.45) is 0.488. The van der Waals surface area contributed by atoms with Crippen LogP contribution in [0.25, 0.3) is 17.0 Å². The van der Waals surface area contributed by atoms with Gasteiger partial charge < -0.3 is 20.6 Å². The van der Waals surface area contributed by atoms with Crippen LogP contribution in [-0.2, 0) is 4.79 Å². The van der Waals surface area contributed by atoms with Crippen LogP contribution in [0.1, 0.15) is 52.2 Å². The molecule has 3 atom stereocenters. The Labute approximate surface area is 289 Å². The number of carbonyl (C=O) groups is 1. The number of aliphatic hydroxyl groups is 1. The summed E-state index contributed by atoms with van der Waals surface area (Å²) in [7, 11) is 0. The van der Waals surface area contributed by atoms with Gasteiger partial charge in [0.15, 0.2) is 12.0 Å². The van der Waals surface area contributed by atoms with Crippen LogP contribution in [0.3, 0.4) is 0 Å². The molecular weight excluding hydrogens is 664 g/mol. The number of carbonyl (C=O) groups excluding carboxylic acids is 1. The Morgan fingerprint density at radius 1 is 1.19 bits per heavy atom. The smallest absolute Gasteiger partial charge is 0.246 e. The monoisotopic (exact) mass is 699 g/mol. The highest BCUT2D eigenvalue weighted by molar-refractivity contribution is 6.39. The zero-order chi connectivity index (χ0) is 34.6. The summed E-state index contributed by atoms with van der Waals surface area (Å²) in [5.41, 5.74) is 10.5. The van der Waals surface area contributed by atoms with Gasteiger partial charge >= 0.3 is 0 Å². The third kappa shape index (κ3) is 5.67. The van der Waals surface area contributed by atoms with Crippen molar-refractivity contribution in [3.05, 3.63) is 67.6 Å². The number of dihydropyridines is 1. The molecule has 13 heteroatoms. The zero-order valence-electron chi connectivity index (χ0n) is 27.1. The fourth-order valence-corrected chi connectivity index (χ4v) is 7.57. The SMILES string of the molecule is C=CC(=O)N1[C@H](C)CN(C2=C(C#N)C(O)N(C3=C(C)CCN=C3C(C)C)c3nc(-c4c(C)c(Cl)c(F)c(Cl)c4N)c(Cl)cc32)C[C@@H]1C. The molecule has 1 amide bonds. The Balaban J connectivity index is 1.82. The molecule has 0 aliphatic carbocycles. The van der Waals surface area contributed by atoms with E-state index in [1.54, 1.807) is 22.8 Å². The number of hydrogen-bond donors (Lipinski definition) is 2. The van der Waals surface area contributed by atoms with Gasteiger partial charge in [-0.05, 0) is 63.3 Å². The van der Waals surface area contributed by atoms with E-state index in [1.807, 2.05) is 39.5 Å². The Bertz CT molecular complexity index is 1790. The number of allylic oxidation sites excluding steroid dienone is 1. The van der Waals surface area contributed by atoms with Crippen LogP contribution in [0.2, 0.25) is 15.1 Å². The van der Waals surface area contributed by atoms with Crippen molar-refractivity contribution < 1.29 is 14.3 Å². The number of anilines is 2. The summed E-state index contributed by atoms with van der Waals surface area (Å²) in [6, 6.07) is 3.46. The van der Waals surface area contributed by atoms with E-state index in [-0.39, 0.29) is 61.5 Å². The average Bonchev–Trinajstić information content (AvgIpc) is 3.02. The van der Waals surface area contributed by atoms with Gasteiger partial charge in [-0.25, -0.2) is 9.37 Å². The number of nitriles is 1. The van der Waals surface area contributed by atoms with Gasteiger partial charge in [0.05, 0.1) is 38.5 Å². The molecule has 0 spiro atoms. The van der Waals surface area contributed by atoms with Crippen LogP contribution in [-0.4, -0.2) is 69.5 Å². The van der Waals surface area contributed by atoms with Crippen LogP contribution in [0, 0.1) is 30.0 Å². The number of amides is 1. The van der Waals surface area contributed by atoms with Crippen LogP contribution >= 0.6 is 34.8 Å². The lowest BCUT2D eigenvalue weighted by Crippen LogP contribution is -2.58. The number of aliphatic imine (C=N–C) groups is 1. The van der Waals surface area contributed by atoms with E-state index in [0.29, 0.717) is 54.4 Å².